The third-order valence-corrected chi connectivity index (χ3v) is 5.33. The molecule has 2 fully saturated rings. The van der Waals surface area contributed by atoms with Crippen LogP contribution in [0.15, 0.2) is 12.2 Å². The van der Waals surface area contributed by atoms with E-state index in [1.165, 1.54) is 32.1 Å². The van der Waals surface area contributed by atoms with Gasteiger partial charge >= 0.3 is 0 Å². The Balaban J connectivity index is 1.83. The minimum atomic E-state index is 0.374. The second-order valence-electron chi connectivity index (χ2n) is 7.17. The second kappa shape index (κ2) is 4.10. The van der Waals surface area contributed by atoms with E-state index in [2.05, 4.69) is 31.3 Å². The third-order valence-electron chi connectivity index (χ3n) is 5.33. The van der Waals surface area contributed by atoms with E-state index in [9.17, 15) is 0 Å². The molecular formula is C15H27N2+. The van der Waals surface area contributed by atoms with Crippen molar-refractivity contribution in [2.45, 2.75) is 64.1 Å². The van der Waals surface area contributed by atoms with Crippen LogP contribution >= 0.6 is 0 Å². The zero-order chi connectivity index (χ0) is 12.0. The van der Waals surface area contributed by atoms with Gasteiger partial charge in [0.15, 0.2) is 0 Å². The molecule has 0 aromatic carbocycles. The molecule has 0 spiro atoms. The number of hydrogen-bond acceptors (Lipinski definition) is 1. The number of fused-ring (bicyclic) bond motifs is 2. The van der Waals surface area contributed by atoms with Gasteiger partial charge < -0.3 is 11.1 Å². The summed E-state index contributed by atoms with van der Waals surface area (Å²) in [5, 5.41) is 2.68. The fourth-order valence-electron chi connectivity index (χ4n) is 4.44. The minimum Gasteiger partial charge on any atom is -0.341 e. The number of nitrogens with two attached hydrogens (primary N) is 2. The molecule has 0 aromatic rings. The van der Waals surface area contributed by atoms with Gasteiger partial charge in [-0.2, -0.15) is 0 Å². The first-order chi connectivity index (χ1) is 8.07. The summed E-state index contributed by atoms with van der Waals surface area (Å²) in [6.45, 7) is 4.71. The Kier molecular flexibility index (Phi) is 2.83. The molecule has 2 heteroatoms. The number of rotatable bonds is 0. The average Bonchev–Trinajstić information content (AvgIpc) is 2.27. The van der Waals surface area contributed by atoms with Crippen LogP contribution < -0.4 is 11.1 Å². The number of hydrogen-bond donors (Lipinski definition) is 2. The van der Waals surface area contributed by atoms with Gasteiger partial charge in [-0.25, -0.2) is 0 Å². The maximum absolute atomic E-state index is 6.56. The van der Waals surface area contributed by atoms with Crippen LogP contribution in [0, 0.1) is 17.3 Å². The van der Waals surface area contributed by atoms with E-state index in [0.29, 0.717) is 17.4 Å². The summed E-state index contributed by atoms with van der Waals surface area (Å²) in [7, 11) is 0. The molecule has 2 aliphatic carbocycles. The van der Waals surface area contributed by atoms with Gasteiger partial charge in [0.25, 0.3) is 0 Å². The lowest BCUT2D eigenvalue weighted by atomic mass is 9.65. The van der Waals surface area contributed by atoms with Gasteiger partial charge in [-0.05, 0) is 24.7 Å². The highest BCUT2D eigenvalue weighted by Crippen LogP contribution is 2.38. The van der Waals surface area contributed by atoms with Gasteiger partial charge in [0.2, 0.25) is 0 Å². The summed E-state index contributed by atoms with van der Waals surface area (Å²) in [5.41, 5.74) is 6.94. The lowest BCUT2D eigenvalue weighted by Gasteiger charge is -2.48. The van der Waals surface area contributed by atoms with Crippen LogP contribution in [0.3, 0.4) is 0 Å². The third kappa shape index (κ3) is 2.06. The Labute approximate surface area is 105 Å². The van der Waals surface area contributed by atoms with Crippen LogP contribution in [-0.4, -0.2) is 18.1 Å². The van der Waals surface area contributed by atoms with Crippen LogP contribution in [0.25, 0.3) is 0 Å². The van der Waals surface area contributed by atoms with E-state index in [1.807, 2.05) is 0 Å². The molecule has 1 saturated carbocycles. The van der Waals surface area contributed by atoms with Crippen molar-refractivity contribution in [3.63, 3.8) is 0 Å². The van der Waals surface area contributed by atoms with Crippen LogP contribution in [0.2, 0.25) is 0 Å². The second-order valence-corrected chi connectivity index (χ2v) is 7.17. The summed E-state index contributed by atoms with van der Waals surface area (Å²) in [6.07, 6.45) is 11.7. The zero-order valence-corrected chi connectivity index (χ0v) is 11.2. The Morgan fingerprint density at radius 1 is 1.18 bits per heavy atom. The van der Waals surface area contributed by atoms with E-state index >= 15 is 0 Å². The summed E-state index contributed by atoms with van der Waals surface area (Å²) >= 11 is 0. The number of allylic oxidation sites excluding steroid dienone is 1. The summed E-state index contributed by atoms with van der Waals surface area (Å²) in [6, 6.07) is 1.98. The Hall–Kier alpha value is -0.340. The van der Waals surface area contributed by atoms with Crippen molar-refractivity contribution in [2.24, 2.45) is 23.0 Å². The fraction of sp³-hybridized carbons (Fsp3) is 0.867. The van der Waals surface area contributed by atoms with Crippen LogP contribution in [-0.2, 0) is 0 Å². The van der Waals surface area contributed by atoms with E-state index in [1.54, 1.807) is 0 Å². The number of quaternary nitrogens is 1. The van der Waals surface area contributed by atoms with E-state index < -0.39 is 0 Å². The SMILES string of the molecule is CC1(C)C=CC2C(C1)[NH2+]C1CCCCC1C2N. The first kappa shape index (κ1) is 11.7. The maximum Gasteiger partial charge on any atom is 0.0948 e. The molecule has 1 aliphatic heterocycles. The van der Waals surface area contributed by atoms with Gasteiger partial charge in [-0.1, -0.05) is 32.4 Å². The first-order valence-corrected chi connectivity index (χ1v) is 7.37. The van der Waals surface area contributed by atoms with Crippen LogP contribution in [0.1, 0.15) is 46.0 Å². The fourth-order valence-corrected chi connectivity index (χ4v) is 4.44. The van der Waals surface area contributed by atoms with Crippen molar-refractivity contribution in [2.75, 3.05) is 0 Å². The molecule has 0 radical (unpaired) electrons. The van der Waals surface area contributed by atoms with Gasteiger partial charge in [0, 0.05) is 24.3 Å². The van der Waals surface area contributed by atoms with Gasteiger partial charge in [0.1, 0.15) is 0 Å². The highest BCUT2D eigenvalue weighted by atomic mass is 15.0. The van der Waals surface area contributed by atoms with E-state index in [4.69, 9.17) is 5.73 Å². The molecule has 3 rings (SSSR count). The molecule has 5 atom stereocenters. The van der Waals surface area contributed by atoms with Crippen molar-refractivity contribution in [3.05, 3.63) is 12.2 Å². The van der Waals surface area contributed by atoms with Crippen molar-refractivity contribution < 1.29 is 5.32 Å². The molecule has 0 amide bonds. The number of piperidine rings is 1. The van der Waals surface area contributed by atoms with Crippen LogP contribution in [0.4, 0.5) is 0 Å². The molecule has 0 aromatic heterocycles. The largest absolute Gasteiger partial charge is 0.341 e. The first-order valence-electron chi connectivity index (χ1n) is 7.37. The smallest absolute Gasteiger partial charge is 0.0948 e. The Morgan fingerprint density at radius 3 is 2.76 bits per heavy atom. The molecule has 0 bridgehead atoms. The molecule has 2 nitrogen and oxygen atoms in total. The average molecular weight is 235 g/mol. The lowest BCUT2D eigenvalue weighted by molar-refractivity contribution is -0.746. The van der Waals surface area contributed by atoms with Gasteiger partial charge in [-0.15, -0.1) is 0 Å². The standard InChI is InChI=1S/C15H26N2/c1-15(2)8-7-11-13(9-15)17-12-6-4-3-5-10(12)14(11)16/h7-8,10-14,17H,3-6,9,16H2,1-2H3/p+1. The van der Waals surface area contributed by atoms with Crippen molar-refractivity contribution in [1.82, 2.24) is 0 Å². The van der Waals surface area contributed by atoms with E-state index in [0.717, 1.165) is 18.0 Å². The monoisotopic (exact) mass is 235 g/mol. The predicted octanol–water partition coefficient (Wildman–Crippen LogP) is 1.42. The summed E-state index contributed by atoms with van der Waals surface area (Å²) in [5.74, 6) is 1.40. The quantitative estimate of drug-likeness (QED) is 0.613. The van der Waals surface area contributed by atoms with Crippen molar-refractivity contribution in [1.29, 1.82) is 0 Å². The zero-order valence-electron chi connectivity index (χ0n) is 11.2. The summed E-state index contributed by atoms with van der Waals surface area (Å²) in [4.78, 5) is 0. The molecule has 1 heterocycles. The topological polar surface area (TPSA) is 42.6 Å². The maximum atomic E-state index is 6.56. The summed E-state index contributed by atoms with van der Waals surface area (Å²) < 4.78 is 0. The lowest BCUT2D eigenvalue weighted by Crippen LogP contribution is -3.01. The molecular weight excluding hydrogens is 208 g/mol. The highest BCUT2D eigenvalue weighted by molar-refractivity contribution is 5.11. The van der Waals surface area contributed by atoms with Crippen molar-refractivity contribution in [3.8, 4) is 0 Å². The van der Waals surface area contributed by atoms with Crippen molar-refractivity contribution >= 4 is 0 Å². The van der Waals surface area contributed by atoms with Gasteiger partial charge in [-0.3, -0.25) is 0 Å². The molecule has 17 heavy (non-hydrogen) atoms. The molecule has 1 saturated heterocycles. The molecule has 4 N–H and O–H groups in total. The molecule has 5 unspecified atom stereocenters. The van der Waals surface area contributed by atoms with E-state index in [-0.39, 0.29) is 0 Å². The van der Waals surface area contributed by atoms with Crippen LogP contribution in [0.5, 0.6) is 0 Å². The predicted molar refractivity (Wildman–Crippen MR) is 70.5 cm³/mol. The molecule has 3 aliphatic rings. The highest BCUT2D eigenvalue weighted by Gasteiger charge is 2.48. The molecule has 96 valence electrons. The van der Waals surface area contributed by atoms with Gasteiger partial charge in [0.05, 0.1) is 12.1 Å². The Morgan fingerprint density at radius 2 is 1.94 bits per heavy atom. The Bertz CT molecular complexity index is 321. The minimum absolute atomic E-state index is 0.374. The normalized spacial score (nSPS) is 48.3.